The molecule has 0 spiro atoms. The predicted molar refractivity (Wildman–Crippen MR) is 238 cm³/mol. The fourth-order valence-electron chi connectivity index (χ4n) is 9.81. The molecule has 0 aliphatic carbocycles. The fourth-order valence-corrected chi connectivity index (χ4v) is 9.81. The minimum Gasteiger partial charge on any atom is -0.479 e. The van der Waals surface area contributed by atoms with Gasteiger partial charge in [0.2, 0.25) is 5.91 Å². The van der Waals surface area contributed by atoms with Gasteiger partial charge in [0.25, 0.3) is 0 Å². The molecule has 6 rings (SSSR count). The Morgan fingerprint density at radius 2 is 0.924 bits per heavy atom. The first-order chi connectivity index (χ1) is 37.2. The number of carboxylic acid groups (broad SMARTS) is 3. The zero-order valence-corrected chi connectivity index (χ0v) is 43.0. The van der Waals surface area contributed by atoms with E-state index in [0.29, 0.717) is 0 Å². The molecule has 6 aliphatic rings. The Morgan fingerprint density at radius 3 is 1.47 bits per heavy atom. The third kappa shape index (κ3) is 14.0. The second-order valence-corrected chi connectivity index (χ2v) is 18.9. The molecular formula is C44H67NO34. The van der Waals surface area contributed by atoms with Crippen molar-refractivity contribution in [2.45, 2.75) is 206 Å². The number of aliphatic hydroxyl groups excluding tert-OH is 9. The molecule has 6 aliphatic heterocycles. The van der Waals surface area contributed by atoms with Crippen LogP contribution in [-0.4, -0.2) is 310 Å². The van der Waals surface area contributed by atoms with Gasteiger partial charge in [-0.05, 0) is 6.92 Å². The van der Waals surface area contributed by atoms with E-state index < -0.39 is 227 Å². The molecule has 0 aromatic heterocycles. The van der Waals surface area contributed by atoms with Gasteiger partial charge in [-0.25, -0.2) is 14.4 Å². The summed E-state index contributed by atoms with van der Waals surface area (Å²) >= 11 is 0. The van der Waals surface area contributed by atoms with Crippen molar-refractivity contribution >= 4 is 35.8 Å². The van der Waals surface area contributed by atoms with Gasteiger partial charge in [0.1, 0.15) is 104 Å². The summed E-state index contributed by atoms with van der Waals surface area (Å²) < 4.78 is 89.3. The van der Waals surface area contributed by atoms with Crippen LogP contribution in [0.25, 0.3) is 0 Å². The van der Waals surface area contributed by atoms with E-state index in [-0.39, 0.29) is 0 Å². The standard InChI is InChI=1S/C44H67NO34/c1-10-17(50)19(52)30(65-6)43(68-10)73-24-14(8-46)71-39(63)29(22(24)55)76-44-31(66-7)23(56)28(34(79-44)38(61)62)75-42-35(70-13(4)49)25(69-12(3)48)15(9-67-42)72-41-21(54)20(53)27(33(78-41)37(59)60)74-40-16(45-11(2)47)18(51)26(64-5)32(77-40)36(57)58/h10,14-35,39-44,46,50-56,63H,8-9H2,1-7H3,(H,45,47)(H,57,58)(H,59,60)(H,61,62)/t10-,14+,15+,16+,17-,18+,19+,20+,21+,22-,23-,24+,25-,26-,27-,28-,29-,30+,31+,32-,33-,34-,35+,39-,40+,41+,42-,43-,44-/m0/s1. The van der Waals surface area contributed by atoms with E-state index in [1.165, 1.54) is 6.92 Å². The van der Waals surface area contributed by atoms with Gasteiger partial charge in [0, 0.05) is 42.1 Å². The molecule has 0 unspecified atom stereocenters. The van der Waals surface area contributed by atoms with Crippen LogP contribution in [0.1, 0.15) is 27.7 Å². The third-order valence-corrected chi connectivity index (χ3v) is 13.6. The van der Waals surface area contributed by atoms with E-state index in [2.05, 4.69) is 5.32 Å². The Kier molecular flexibility index (Phi) is 22.2. The number of rotatable bonds is 20. The van der Waals surface area contributed by atoms with Crippen molar-refractivity contribution in [1.29, 1.82) is 0 Å². The molecule has 0 aromatic carbocycles. The molecule has 0 aromatic rings. The van der Waals surface area contributed by atoms with Crippen LogP contribution in [0.3, 0.4) is 0 Å². The lowest BCUT2D eigenvalue weighted by Gasteiger charge is -2.49. The van der Waals surface area contributed by atoms with Crippen LogP contribution in [0, 0.1) is 0 Å². The van der Waals surface area contributed by atoms with Gasteiger partial charge < -0.3 is 142 Å². The average Bonchev–Trinajstić information content (AvgIpc) is 3.52. The maximum Gasteiger partial charge on any atom is 0.335 e. The van der Waals surface area contributed by atoms with Crippen LogP contribution >= 0.6 is 0 Å². The highest BCUT2D eigenvalue weighted by Crippen LogP contribution is 2.38. The molecule has 6 fully saturated rings. The van der Waals surface area contributed by atoms with Gasteiger partial charge >= 0.3 is 29.8 Å². The van der Waals surface area contributed by atoms with Gasteiger partial charge in [0.15, 0.2) is 68.3 Å². The number of hydrogen-bond donors (Lipinski definition) is 13. The molecule has 452 valence electrons. The lowest BCUT2D eigenvalue weighted by molar-refractivity contribution is -0.390. The zero-order chi connectivity index (χ0) is 58.6. The molecule has 0 bridgehead atoms. The molecule has 0 saturated carbocycles. The van der Waals surface area contributed by atoms with Crippen molar-refractivity contribution in [3.8, 4) is 0 Å². The molecular weight excluding hydrogens is 1090 g/mol. The van der Waals surface area contributed by atoms with Crippen molar-refractivity contribution in [2.75, 3.05) is 34.5 Å². The van der Waals surface area contributed by atoms with Crippen LogP contribution in [0.4, 0.5) is 0 Å². The number of nitrogens with one attached hydrogen (secondary N) is 1. The Bertz CT molecular complexity index is 2090. The summed E-state index contributed by atoms with van der Waals surface area (Å²) in [6.45, 7) is 2.41. The number of esters is 2. The van der Waals surface area contributed by atoms with Gasteiger partial charge in [-0.15, -0.1) is 0 Å². The van der Waals surface area contributed by atoms with Gasteiger partial charge in [-0.2, -0.15) is 0 Å². The second-order valence-electron chi connectivity index (χ2n) is 18.9. The third-order valence-electron chi connectivity index (χ3n) is 13.6. The fraction of sp³-hybridized carbons (Fsp3) is 0.864. The molecule has 1 amide bonds. The summed E-state index contributed by atoms with van der Waals surface area (Å²) in [7, 11) is 3.19. The number of carboxylic acids is 3. The molecule has 79 heavy (non-hydrogen) atoms. The summed E-state index contributed by atoms with van der Waals surface area (Å²) in [6, 6.07) is -1.67. The molecule has 13 N–H and O–H groups in total. The number of methoxy groups -OCH3 is 3. The number of aliphatic carboxylic acids is 3. The van der Waals surface area contributed by atoms with Crippen molar-refractivity contribution in [2.24, 2.45) is 0 Å². The van der Waals surface area contributed by atoms with E-state index in [1.54, 1.807) is 0 Å². The normalized spacial score (nSPS) is 45.6. The smallest absolute Gasteiger partial charge is 0.335 e. The largest absolute Gasteiger partial charge is 0.479 e. The Balaban J connectivity index is 1.20. The number of carbonyl (C=O) groups is 6. The SMILES string of the molecule is CO[C@H]1[C@H](O[C@H]2[C@H](O)[C@H](O[C@H]3O[C@H](C(=O)O)[C@@H](O[C@@H]4OC[C@@H](O[C@@H]5O[C@H](C(=O)O)[C@@H](O[C@@H]6O[C@H](C(=O)O)[C@@H](OC)[C@H](O)[C@H]6NC(C)=O)[C@H](O)[C@H]5O)[C@H](OC(C)=O)[C@H]4OC(C)=O)[C@H](O)[C@H]3OC)[C@@H](O)O[C@@H]2CO)O[C@@H](C)[C@H](O)[C@H]1O. The van der Waals surface area contributed by atoms with Crippen LogP contribution in [-0.2, 0) is 105 Å². The Labute approximate surface area is 446 Å². The van der Waals surface area contributed by atoms with Crippen LogP contribution in [0.5, 0.6) is 0 Å². The van der Waals surface area contributed by atoms with E-state index in [9.17, 15) is 90.0 Å². The maximum absolute atomic E-state index is 12.9. The summed E-state index contributed by atoms with van der Waals surface area (Å²) in [6.07, 6.45) is -53.6. The number of ether oxygens (including phenoxy) is 16. The predicted octanol–water partition coefficient (Wildman–Crippen LogP) is -8.91. The van der Waals surface area contributed by atoms with Crippen LogP contribution in [0.2, 0.25) is 0 Å². The lowest BCUT2D eigenvalue weighted by Crippen LogP contribution is -2.69. The van der Waals surface area contributed by atoms with Crippen LogP contribution < -0.4 is 5.32 Å². The minimum atomic E-state index is -2.36. The first-order valence-electron chi connectivity index (χ1n) is 24.3. The second kappa shape index (κ2) is 27.3. The lowest BCUT2D eigenvalue weighted by atomic mass is 9.95. The van der Waals surface area contributed by atoms with E-state index in [0.717, 1.165) is 42.1 Å². The van der Waals surface area contributed by atoms with Crippen molar-refractivity contribution in [3.63, 3.8) is 0 Å². The number of carbonyl (C=O) groups excluding carboxylic acids is 3. The van der Waals surface area contributed by atoms with E-state index >= 15 is 0 Å². The Morgan fingerprint density at radius 1 is 0.468 bits per heavy atom. The minimum absolute atomic E-state index is 0.809. The van der Waals surface area contributed by atoms with E-state index in [1.807, 2.05) is 0 Å². The number of hydrogen-bond acceptors (Lipinski definition) is 31. The molecule has 35 nitrogen and oxygen atoms in total. The van der Waals surface area contributed by atoms with E-state index in [4.69, 9.17) is 75.8 Å². The number of aliphatic hydroxyl groups is 9. The summed E-state index contributed by atoms with van der Waals surface area (Å²) in [4.78, 5) is 75.1. The number of amides is 1. The summed E-state index contributed by atoms with van der Waals surface area (Å²) in [5, 5.41) is 132. The van der Waals surface area contributed by atoms with Gasteiger partial charge in [0.05, 0.1) is 19.3 Å². The monoisotopic (exact) mass is 1150 g/mol. The quantitative estimate of drug-likeness (QED) is 0.0504. The molecule has 29 atom stereocenters. The first-order valence-corrected chi connectivity index (χ1v) is 24.3. The molecule has 6 heterocycles. The highest BCUT2D eigenvalue weighted by atomic mass is 16.8. The van der Waals surface area contributed by atoms with Crippen LogP contribution in [0.15, 0.2) is 0 Å². The van der Waals surface area contributed by atoms with Crippen molar-refractivity contribution in [1.82, 2.24) is 5.32 Å². The molecule has 6 saturated heterocycles. The van der Waals surface area contributed by atoms with Gasteiger partial charge in [-0.3, -0.25) is 14.4 Å². The average molecular weight is 1150 g/mol. The van der Waals surface area contributed by atoms with Gasteiger partial charge in [-0.1, -0.05) is 0 Å². The summed E-state index contributed by atoms with van der Waals surface area (Å²) in [5.41, 5.74) is 0. The zero-order valence-electron chi connectivity index (χ0n) is 43.0. The highest BCUT2D eigenvalue weighted by molar-refractivity contribution is 5.75. The topological polar surface area (TPSA) is 505 Å². The molecule has 35 heteroatoms. The summed E-state index contributed by atoms with van der Waals surface area (Å²) in [5.74, 6) is -8.49. The Hall–Kier alpha value is -4.10. The van der Waals surface area contributed by atoms with Crippen molar-refractivity contribution < 1.29 is 166 Å². The molecule has 0 radical (unpaired) electrons. The van der Waals surface area contributed by atoms with Crippen molar-refractivity contribution in [3.05, 3.63) is 0 Å². The first kappa shape index (κ1) is 64.1. The highest BCUT2D eigenvalue weighted by Gasteiger charge is 2.60. The maximum atomic E-state index is 12.9.